The lowest BCUT2D eigenvalue weighted by Crippen LogP contribution is -2.22. The van der Waals surface area contributed by atoms with Gasteiger partial charge in [0.1, 0.15) is 0 Å². The predicted molar refractivity (Wildman–Crippen MR) is 81.7 cm³/mol. The second kappa shape index (κ2) is 6.85. The van der Waals surface area contributed by atoms with Crippen LogP contribution in [0, 0.1) is 10.1 Å². The molecular formula is C14H17ClN4O3. The Bertz CT molecular complexity index is 674. The maximum atomic E-state index is 10.9. The minimum Gasteiger partial charge on any atom is -0.424 e. The van der Waals surface area contributed by atoms with Gasteiger partial charge in [-0.3, -0.25) is 15.0 Å². The van der Waals surface area contributed by atoms with E-state index in [0.717, 1.165) is 0 Å². The second-order valence-corrected chi connectivity index (χ2v) is 5.42. The van der Waals surface area contributed by atoms with E-state index in [4.69, 9.17) is 16.0 Å². The van der Waals surface area contributed by atoms with Crippen LogP contribution in [0.3, 0.4) is 0 Å². The Morgan fingerprint density at radius 3 is 2.77 bits per heavy atom. The van der Waals surface area contributed by atoms with Crippen molar-refractivity contribution in [3.05, 3.63) is 50.7 Å². The van der Waals surface area contributed by atoms with Crippen molar-refractivity contribution in [2.24, 2.45) is 0 Å². The van der Waals surface area contributed by atoms with E-state index in [0.29, 0.717) is 35.3 Å². The summed E-state index contributed by atoms with van der Waals surface area (Å²) >= 11 is 6.12. The van der Waals surface area contributed by atoms with E-state index < -0.39 is 4.92 Å². The first-order valence-electron chi connectivity index (χ1n) is 6.87. The van der Waals surface area contributed by atoms with Crippen LogP contribution in [0.2, 0.25) is 5.02 Å². The first-order chi connectivity index (χ1) is 10.4. The molecule has 0 radical (unpaired) electrons. The van der Waals surface area contributed by atoms with Crippen LogP contribution in [0.1, 0.15) is 37.2 Å². The molecule has 0 N–H and O–H groups in total. The molecule has 0 saturated heterocycles. The lowest BCUT2D eigenvalue weighted by atomic mass is 10.1. The zero-order valence-electron chi connectivity index (χ0n) is 12.6. The SMILES string of the molecule is CCc1nnc(C(C)N(C)Cc2cc([N+](=O)[O-])ccc2Cl)o1. The number of rotatable bonds is 6. The standard InChI is InChI=1S/C14H17ClN4O3/c1-4-13-16-17-14(22-13)9(2)18(3)8-10-7-11(19(20)21)5-6-12(10)15/h5-7,9H,4,8H2,1-3H3. The van der Waals surface area contributed by atoms with Crippen molar-refractivity contribution in [3.63, 3.8) is 0 Å². The summed E-state index contributed by atoms with van der Waals surface area (Å²) in [5.41, 5.74) is 0.701. The highest BCUT2D eigenvalue weighted by molar-refractivity contribution is 6.31. The first kappa shape index (κ1) is 16.4. The molecule has 118 valence electrons. The van der Waals surface area contributed by atoms with Gasteiger partial charge >= 0.3 is 0 Å². The third kappa shape index (κ3) is 3.61. The Balaban J connectivity index is 2.15. The Kier molecular flexibility index (Phi) is 5.10. The fourth-order valence-electron chi connectivity index (χ4n) is 1.97. The summed E-state index contributed by atoms with van der Waals surface area (Å²) in [5.74, 6) is 1.10. The fourth-order valence-corrected chi connectivity index (χ4v) is 2.15. The van der Waals surface area contributed by atoms with Crippen LogP contribution in [-0.2, 0) is 13.0 Å². The Morgan fingerprint density at radius 2 is 2.18 bits per heavy atom. The van der Waals surface area contributed by atoms with Crippen LogP contribution in [0.5, 0.6) is 0 Å². The molecule has 22 heavy (non-hydrogen) atoms. The van der Waals surface area contributed by atoms with Crippen molar-refractivity contribution in [2.45, 2.75) is 32.9 Å². The topological polar surface area (TPSA) is 85.3 Å². The van der Waals surface area contributed by atoms with E-state index in [1.54, 1.807) is 0 Å². The Labute approximate surface area is 133 Å². The smallest absolute Gasteiger partial charge is 0.269 e. The van der Waals surface area contributed by atoms with E-state index >= 15 is 0 Å². The van der Waals surface area contributed by atoms with Crippen molar-refractivity contribution in [1.29, 1.82) is 0 Å². The molecular weight excluding hydrogens is 308 g/mol. The lowest BCUT2D eigenvalue weighted by Gasteiger charge is -2.22. The Morgan fingerprint density at radius 1 is 1.45 bits per heavy atom. The minimum absolute atomic E-state index is 0.0199. The first-order valence-corrected chi connectivity index (χ1v) is 7.25. The molecule has 0 spiro atoms. The molecule has 2 rings (SSSR count). The minimum atomic E-state index is -0.436. The molecule has 0 aliphatic rings. The highest BCUT2D eigenvalue weighted by Crippen LogP contribution is 2.26. The van der Waals surface area contributed by atoms with Gasteiger partial charge in [-0.1, -0.05) is 18.5 Å². The zero-order valence-corrected chi connectivity index (χ0v) is 13.4. The summed E-state index contributed by atoms with van der Waals surface area (Å²) in [5, 5.41) is 19.3. The van der Waals surface area contributed by atoms with Crippen molar-refractivity contribution in [1.82, 2.24) is 15.1 Å². The zero-order chi connectivity index (χ0) is 16.3. The summed E-state index contributed by atoms with van der Waals surface area (Å²) in [6.45, 7) is 4.30. The molecule has 0 bridgehead atoms. The van der Waals surface area contributed by atoms with Gasteiger partial charge in [-0.25, -0.2) is 0 Å². The van der Waals surface area contributed by atoms with Crippen molar-refractivity contribution in [3.8, 4) is 0 Å². The third-order valence-corrected chi connectivity index (χ3v) is 3.83. The van der Waals surface area contributed by atoms with Crippen LogP contribution in [-0.4, -0.2) is 27.1 Å². The largest absolute Gasteiger partial charge is 0.424 e. The number of nitrogens with zero attached hydrogens (tertiary/aromatic N) is 4. The number of nitro groups is 1. The monoisotopic (exact) mass is 324 g/mol. The Hall–Kier alpha value is -1.99. The van der Waals surface area contributed by atoms with E-state index in [-0.39, 0.29) is 11.7 Å². The summed E-state index contributed by atoms with van der Waals surface area (Å²) < 4.78 is 5.54. The number of aryl methyl sites for hydroxylation is 1. The molecule has 1 atom stereocenters. The number of hydrogen-bond donors (Lipinski definition) is 0. The summed E-state index contributed by atoms with van der Waals surface area (Å²) in [6.07, 6.45) is 0.681. The van der Waals surface area contributed by atoms with Crippen LogP contribution in [0.25, 0.3) is 0 Å². The molecule has 0 fully saturated rings. The molecule has 0 aliphatic heterocycles. The maximum absolute atomic E-state index is 10.9. The van der Waals surface area contributed by atoms with Crippen molar-refractivity contribution in [2.75, 3.05) is 7.05 Å². The maximum Gasteiger partial charge on any atom is 0.269 e. The molecule has 1 aromatic carbocycles. The van der Waals surface area contributed by atoms with Gasteiger partial charge in [0.05, 0.1) is 11.0 Å². The summed E-state index contributed by atoms with van der Waals surface area (Å²) in [7, 11) is 1.87. The van der Waals surface area contributed by atoms with E-state index in [9.17, 15) is 10.1 Å². The average Bonchev–Trinajstić information content (AvgIpc) is 2.97. The van der Waals surface area contributed by atoms with Gasteiger partial charge in [-0.2, -0.15) is 0 Å². The molecule has 1 aromatic heterocycles. The molecule has 7 nitrogen and oxygen atoms in total. The number of benzene rings is 1. The van der Waals surface area contributed by atoms with Gasteiger partial charge in [0.25, 0.3) is 5.69 Å². The number of non-ortho nitro benzene ring substituents is 1. The van der Waals surface area contributed by atoms with Crippen LogP contribution >= 0.6 is 11.6 Å². The predicted octanol–water partition coefficient (Wildman–Crippen LogP) is 3.39. The second-order valence-electron chi connectivity index (χ2n) is 5.01. The van der Waals surface area contributed by atoms with Crippen molar-refractivity contribution < 1.29 is 9.34 Å². The highest BCUT2D eigenvalue weighted by atomic mass is 35.5. The van der Waals surface area contributed by atoms with Gasteiger partial charge in [0.2, 0.25) is 11.8 Å². The summed E-state index contributed by atoms with van der Waals surface area (Å²) in [4.78, 5) is 12.4. The highest BCUT2D eigenvalue weighted by Gasteiger charge is 2.20. The van der Waals surface area contributed by atoms with Crippen LogP contribution in [0.15, 0.2) is 22.6 Å². The molecule has 0 saturated carbocycles. The fraction of sp³-hybridized carbons (Fsp3) is 0.429. The van der Waals surface area contributed by atoms with E-state index in [1.807, 2.05) is 25.8 Å². The van der Waals surface area contributed by atoms with Gasteiger partial charge in [-0.05, 0) is 25.6 Å². The normalized spacial score (nSPS) is 12.6. The van der Waals surface area contributed by atoms with E-state index in [1.165, 1.54) is 18.2 Å². The average molecular weight is 325 g/mol. The molecule has 0 amide bonds. The van der Waals surface area contributed by atoms with Crippen LogP contribution in [0.4, 0.5) is 5.69 Å². The number of halogens is 1. The molecule has 1 unspecified atom stereocenters. The lowest BCUT2D eigenvalue weighted by molar-refractivity contribution is -0.384. The number of aromatic nitrogens is 2. The van der Waals surface area contributed by atoms with Gasteiger partial charge < -0.3 is 4.42 Å². The molecule has 1 heterocycles. The number of nitro benzene ring substituents is 1. The summed E-state index contributed by atoms with van der Waals surface area (Å²) in [6, 6.07) is 4.29. The van der Waals surface area contributed by atoms with Gasteiger partial charge in [0, 0.05) is 30.1 Å². The quantitative estimate of drug-likeness (QED) is 0.598. The van der Waals surface area contributed by atoms with Crippen molar-refractivity contribution >= 4 is 17.3 Å². The van der Waals surface area contributed by atoms with Crippen LogP contribution < -0.4 is 0 Å². The van der Waals surface area contributed by atoms with Gasteiger partial charge in [0.15, 0.2) is 0 Å². The molecule has 8 heteroatoms. The number of hydrogen-bond acceptors (Lipinski definition) is 6. The molecule has 0 aliphatic carbocycles. The van der Waals surface area contributed by atoms with Gasteiger partial charge in [-0.15, -0.1) is 10.2 Å². The van der Waals surface area contributed by atoms with E-state index in [2.05, 4.69) is 10.2 Å². The molecule has 2 aromatic rings. The third-order valence-electron chi connectivity index (χ3n) is 3.46.